The second kappa shape index (κ2) is 9.75. The number of anilines is 2. The Morgan fingerprint density at radius 3 is 2.24 bits per heavy atom. The Balaban J connectivity index is 1.61. The molecule has 37 heavy (non-hydrogen) atoms. The summed E-state index contributed by atoms with van der Waals surface area (Å²) in [6, 6.07) is 17.4. The third-order valence-corrected chi connectivity index (χ3v) is 9.55. The summed E-state index contributed by atoms with van der Waals surface area (Å²) in [4.78, 5) is 23.9. The molecule has 2 amide bonds. The van der Waals surface area contributed by atoms with Crippen LogP contribution in [0.25, 0.3) is 11.4 Å². The van der Waals surface area contributed by atoms with Gasteiger partial charge in [0.1, 0.15) is 10.6 Å². The van der Waals surface area contributed by atoms with Crippen LogP contribution in [-0.4, -0.2) is 56.8 Å². The molecule has 0 radical (unpaired) electrons. The van der Waals surface area contributed by atoms with Crippen LogP contribution in [0, 0.1) is 0 Å². The standard InChI is InChI=1S/C27H31N5O4S/c1-18-16-36-17-19(2)32(18)24-15-23(27(13-14-27)37(34,35)22-7-5-4-6-8-22)30-25(31-24)20-9-11-21(12-10-20)29-26(33)28-3/h4-12,15,18-19H,13-14,16-17H2,1-3H3,(H2,28,29,33)/t18-,19-/m0/s1. The van der Waals surface area contributed by atoms with Gasteiger partial charge in [-0.2, -0.15) is 0 Å². The number of sulfone groups is 1. The van der Waals surface area contributed by atoms with Crippen molar-refractivity contribution in [2.45, 2.75) is 48.4 Å². The summed E-state index contributed by atoms with van der Waals surface area (Å²) in [7, 11) is -2.11. The summed E-state index contributed by atoms with van der Waals surface area (Å²) in [5, 5.41) is 5.26. The van der Waals surface area contributed by atoms with Gasteiger partial charge in [-0.25, -0.2) is 23.2 Å². The van der Waals surface area contributed by atoms with Gasteiger partial charge in [0.05, 0.1) is 35.9 Å². The number of rotatable bonds is 6. The Labute approximate surface area is 217 Å². The number of carbonyl (C=O) groups is 1. The van der Waals surface area contributed by atoms with Crippen molar-refractivity contribution >= 4 is 27.4 Å². The molecule has 1 saturated heterocycles. The lowest BCUT2D eigenvalue weighted by Crippen LogP contribution is -2.50. The van der Waals surface area contributed by atoms with E-state index >= 15 is 0 Å². The third-order valence-electron chi connectivity index (χ3n) is 7.01. The molecular weight excluding hydrogens is 490 g/mol. The van der Waals surface area contributed by atoms with Crippen molar-refractivity contribution in [3.8, 4) is 11.4 Å². The molecule has 2 heterocycles. The van der Waals surface area contributed by atoms with Crippen molar-refractivity contribution in [3.05, 3.63) is 66.4 Å². The number of carbonyl (C=O) groups excluding carboxylic acids is 1. The molecule has 0 spiro atoms. The Bertz CT molecular complexity index is 1380. The Morgan fingerprint density at radius 2 is 1.65 bits per heavy atom. The molecule has 0 bridgehead atoms. The molecule has 1 saturated carbocycles. The zero-order valence-corrected chi connectivity index (χ0v) is 22.0. The first-order valence-electron chi connectivity index (χ1n) is 12.4. The quantitative estimate of drug-likeness (QED) is 0.505. The molecule has 10 heteroatoms. The first kappa shape index (κ1) is 25.2. The molecule has 5 rings (SSSR count). The van der Waals surface area contributed by atoms with Crippen LogP contribution in [0.1, 0.15) is 32.4 Å². The minimum absolute atomic E-state index is 0.0689. The highest BCUT2D eigenvalue weighted by atomic mass is 32.2. The third kappa shape index (κ3) is 4.67. The van der Waals surface area contributed by atoms with Crippen molar-refractivity contribution in [2.24, 2.45) is 0 Å². The number of hydrogen-bond acceptors (Lipinski definition) is 7. The number of hydrogen-bond donors (Lipinski definition) is 2. The zero-order valence-electron chi connectivity index (χ0n) is 21.1. The normalized spacial score (nSPS) is 20.8. The van der Waals surface area contributed by atoms with Crippen LogP contribution < -0.4 is 15.5 Å². The number of nitrogens with zero attached hydrogens (tertiary/aromatic N) is 3. The molecule has 2 atom stereocenters. The van der Waals surface area contributed by atoms with Gasteiger partial charge in [0, 0.05) is 24.4 Å². The van der Waals surface area contributed by atoms with E-state index in [1.54, 1.807) is 43.4 Å². The number of amides is 2. The first-order valence-corrected chi connectivity index (χ1v) is 13.9. The summed E-state index contributed by atoms with van der Waals surface area (Å²) in [5.41, 5.74) is 1.86. The van der Waals surface area contributed by atoms with E-state index < -0.39 is 14.6 Å². The van der Waals surface area contributed by atoms with E-state index in [1.807, 2.05) is 24.3 Å². The first-order chi connectivity index (χ1) is 17.7. The molecule has 2 aliphatic rings. The maximum absolute atomic E-state index is 13.8. The number of nitrogens with one attached hydrogen (secondary N) is 2. The average molecular weight is 522 g/mol. The molecule has 1 aliphatic carbocycles. The Morgan fingerprint density at radius 1 is 1.00 bits per heavy atom. The molecule has 3 aromatic rings. The molecule has 194 valence electrons. The fourth-order valence-electron chi connectivity index (χ4n) is 4.88. The highest BCUT2D eigenvalue weighted by Crippen LogP contribution is 2.55. The van der Waals surface area contributed by atoms with Gasteiger partial charge in [-0.05, 0) is 63.1 Å². The summed E-state index contributed by atoms with van der Waals surface area (Å²) < 4.78 is 32.3. The minimum atomic E-state index is -3.66. The van der Waals surface area contributed by atoms with E-state index in [-0.39, 0.29) is 18.1 Å². The molecule has 2 aromatic carbocycles. The minimum Gasteiger partial charge on any atom is -0.377 e. The van der Waals surface area contributed by atoms with Crippen LogP contribution in [0.3, 0.4) is 0 Å². The molecule has 2 N–H and O–H groups in total. The van der Waals surface area contributed by atoms with Gasteiger partial charge in [-0.1, -0.05) is 18.2 Å². The number of urea groups is 1. The topological polar surface area (TPSA) is 114 Å². The number of aromatic nitrogens is 2. The van der Waals surface area contributed by atoms with E-state index in [0.717, 1.165) is 5.56 Å². The van der Waals surface area contributed by atoms with Crippen LogP contribution in [0.4, 0.5) is 16.3 Å². The van der Waals surface area contributed by atoms with Crippen LogP contribution in [0.5, 0.6) is 0 Å². The monoisotopic (exact) mass is 521 g/mol. The predicted octanol–water partition coefficient (Wildman–Crippen LogP) is 3.97. The number of benzene rings is 2. The van der Waals surface area contributed by atoms with Crippen molar-refractivity contribution in [1.29, 1.82) is 0 Å². The Hall–Kier alpha value is -3.50. The smallest absolute Gasteiger partial charge is 0.318 e. The van der Waals surface area contributed by atoms with Crippen molar-refractivity contribution in [3.63, 3.8) is 0 Å². The van der Waals surface area contributed by atoms with Gasteiger partial charge in [-0.15, -0.1) is 0 Å². The molecule has 9 nitrogen and oxygen atoms in total. The maximum Gasteiger partial charge on any atom is 0.318 e. The van der Waals surface area contributed by atoms with Gasteiger partial charge in [0.2, 0.25) is 0 Å². The lowest BCUT2D eigenvalue weighted by Gasteiger charge is -2.40. The summed E-state index contributed by atoms with van der Waals surface area (Å²) >= 11 is 0. The largest absolute Gasteiger partial charge is 0.377 e. The van der Waals surface area contributed by atoms with E-state index in [0.29, 0.717) is 54.0 Å². The van der Waals surface area contributed by atoms with Crippen molar-refractivity contribution in [1.82, 2.24) is 15.3 Å². The van der Waals surface area contributed by atoms with E-state index in [2.05, 4.69) is 29.4 Å². The van der Waals surface area contributed by atoms with Crippen LogP contribution in [0.15, 0.2) is 65.6 Å². The zero-order chi connectivity index (χ0) is 26.2. The maximum atomic E-state index is 13.8. The molecule has 2 fully saturated rings. The Kier molecular flexibility index (Phi) is 6.63. The fraction of sp³-hybridized carbons (Fsp3) is 0.370. The predicted molar refractivity (Wildman–Crippen MR) is 142 cm³/mol. The molecule has 0 unspecified atom stereocenters. The van der Waals surface area contributed by atoms with Gasteiger partial charge < -0.3 is 20.3 Å². The second-order valence-electron chi connectivity index (χ2n) is 9.67. The summed E-state index contributed by atoms with van der Waals surface area (Å²) in [5.74, 6) is 1.13. The molecule has 1 aliphatic heterocycles. The van der Waals surface area contributed by atoms with Crippen LogP contribution >= 0.6 is 0 Å². The SMILES string of the molecule is CNC(=O)Nc1ccc(-c2nc(N3[C@@H](C)COC[C@@H]3C)cc(C3(S(=O)(=O)c4ccccc4)CC3)n2)cc1. The fourth-order valence-corrected chi connectivity index (χ4v) is 6.87. The highest BCUT2D eigenvalue weighted by molar-refractivity contribution is 7.92. The van der Waals surface area contributed by atoms with Crippen molar-refractivity contribution in [2.75, 3.05) is 30.5 Å². The summed E-state index contributed by atoms with van der Waals surface area (Å²) in [6.45, 7) is 5.27. The van der Waals surface area contributed by atoms with Gasteiger partial charge >= 0.3 is 6.03 Å². The van der Waals surface area contributed by atoms with Gasteiger partial charge in [0.15, 0.2) is 15.7 Å². The summed E-state index contributed by atoms with van der Waals surface area (Å²) in [6.07, 6.45) is 1.01. The lowest BCUT2D eigenvalue weighted by molar-refractivity contribution is 0.0752. The number of ether oxygens (including phenoxy) is 1. The van der Waals surface area contributed by atoms with Crippen LogP contribution in [-0.2, 0) is 19.3 Å². The van der Waals surface area contributed by atoms with E-state index in [4.69, 9.17) is 14.7 Å². The van der Waals surface area contributed by atoms with E-state index in [1.165, 1.54) is 0 Å². The van der Waals surface area contributed by atoms with E-state index in [9.17, 15) is 13.2 Å². The van der Waals surface area contributed by atoms with Gasteiger partial charge in [-0.3, -0.25) is 0 Å². The van der Waals surface area contributed by atoms with Crippen LogP contribution in [0.2, 0.25) is 0 Å². The molecular formula is C27H31N5O4S. The van der Waals surface area contributed by atoms with Crippen molar-refractivity contribution < 1.29 is 17.9 Å². The highest BCUT2D eigenvalue weighted by Gasteiger charge is 2.58. The average Bonchev–Trinajstić information content (AvgIpc) is 3.72. The van der Waals surface area contributed by atoms with Gasteiger partial charge in [0.25, 0.3) is 0 Å². The lowest BCUT2D eigenvalue weighted by atomic mass is 10.1. The molecule has 1 aromatic heterocycles. The second-order valence-corrected chi connectivity index (χ2v) is 11.9. The number of morpholine rings is 1.